The Labute approximate surface area is 168 Å². The lowest BCUT2D eigenvalue weighted by atomic mass is 9.96. The molecule has 1 aromatic carbocycles. The van der Waals surface area contributed by atoms with E-state index >= 15 is 0 Å². The van der Waals surface area contributed by atoms with Gasteiger partial charge in [0.05, 0.1) is 5.56 Å². The number of likely N-dealkylation sites (N-methyl/N-ethyl adjacent to an activating group) is 1. The van der Waals surface area contributed by atoms with E-state index in [4.69, 9.17) is 4.74 Å². The lowest BCUT2D eigenvalue weighted by Crippen LogP contribution is -2.28. The molecular weight excluding hydrogens is 377 g/mol. The molecule has 5 nitrogen and oxygen atoms in total. The van der Waals surface area contributed by atoms with Crippen LogP contribution in [0.25, 0.3) is 0 Å². The minimum Gasteiger partial charge on any atom is -0.492 e. The summed E-state index contributed by atoms with van der Waals surface area (Å²) >= 11 is 1.55. The van der Waals surface area contributed by atoms with Gasteiger partial charge in [0.1, 0.15) is 29.2 Å². The van der Waals surface area contributed by atoms with Gasteiger partial charge in [-0.3, -0.25) is 4.79 Å². The van der Waals surface area contributed by atoms with Gasteiger partial charge >= 0.3 is 0 Å². The number of carbonyl (C=O) groups is 1. The van der Waals surface area contributed by atoms with Gasteiger partial charge in [0.15, 0.2) is 0 Å². The van der Waals surface area contributed by atoms with Gasteiger partial charge in [0, 0.05) is 24.4 Å². The standard InChI is InChI=1S/C21H24FN3O2S/c1-25(12-13-27-16-8-6-15(22)7-9-16)11-10-20(26)24-21-18(14-23)17-4-2-3-5-19(17)28-21/h6-9H,2-5,10-13H2,1H3,(H,24,26). The van der Waals surface area contributed by atoms with E-state index < -0.39 is 0 Å². The van der Waals surface area contributed by atoms with E-state index in [2.05, 4.69) is 11.4 Å². The zero-order chi connectivity index (χ0) is 19.9. The Balaban J connectivity index is 1.42. The highest BCUT2D eigenvalue weighted by Crippen LogP contribution is 2.37. The Bertz CT molecular complexity index is 858. The third-order valence-corrected chi connectivity index (χ3v) is 6.02. The average molecular weight is 402 g/mol. The molecule has 1 N–H and O–H groups in total. The number of thiophene rings is 1. The van der Waals surface area contributed by atoms with Crippen molar-refractivity contribution in [2.24, 2.45) is 0 Å². The predicted octanol–water partition coefficient (Wildman–Crippen LogP) is 3.98. The summed E-state index contributed by atoms with van der Waals surface area (Å²) in [5.41, 5.74) is 1.78. The zero-order valence-electron chi connectivity index (χ0n) is 16.0. The van der Waals surface area contributed by atoms with E-state index in [9.17, 15) is 14.4 Å². The molecule has 0 spiro atoms. The van der Waals surface area contributed by atoms with Crippen LogP contribution in [0.1, 0.15) is 35.3 Å². The van der Waals surface area contributed by atoms with Crippen LogP contribution in [-0.2, 0) is 17.6 Å². The van der Waals surface area contributed by atoms with E-state index in [0.29, 0.717) is 42.4 Å². The van der Waals surface area contributed by atoms with Gasteiger partial charge in [-0.15, -0.1) is 11.3 Å². The summed E-state index contributed by atoms with van der Waals surface area (Å²) in [4.78, 5) is 15.6. The quantitative estimate of drug-likeness (QED) is 0.727. The third kappa shape index (κ3) is 5.31. The molecule has 0 saturated carbocycles. The number of rotatable bonds is 8. The van der Waals surface area contributed by atoms with E-state index in [-0.39, 0.29) is 11.7 Å². The van der Waals surface area contributed by atoms with E-state index in [1.807, 2.05) is 11.9 Å². The number of nitriles is 1. The molecule has 1 aliphatic carbocycles. The van der Waals surface area contributed by atoms with E-state index in [1.54, 1.807) is 23.5 Å². The predicted molar refractivity (Wildman–Crippen MR) is 108 cm³/mol. The molecule has 148 valence electrons. The maximum Gasteiger partial charge on any atom is 0.226 e. The Hall–Kier alpha value is -2.43. The Kier molecular flexibility index (Phi) is 7.01. The number of benzene rings is 1. The van der Waals surface area contributed by atoms with Gasteiger partial charge in [-0.05, 0) is 62.6 Å². The molecule has 0 atom stereocenters. The molecule has 3 rings (SSSR count). The van der Waals surface area contributed by atoms with E-state index in [0.717, 1.165) is 31.2 Å². The van der Waals surface area contributed by atoms with Gasteiger partial charge in [0.2, 0.25) is 5.91 Å². The summed E-state index contributed by atoms with van der Waals surface area (Å²) in [6.45, 7) is 1.70. The van der Waals surface area contributed by atoms with Gasteiger partial charge in [0.25, 0.3) is 0 Å². The number of carbonyl (C=O) groups excluding carboxylic acids is 1. The topological polar surface area (TPSA) is 65.4 Å². The van der Waals surface area contributed by atoms with Crippen LogP contribution in [0.3, 0.4) is 0 Å². The van der Waals surface area contributed by atoms with Crippen molar-refractivity contribution in [3.63, 3.8) is 0 Å². The molecule has 2 aromatic rings. The Morgan fingerprint density at radius 2 is 2.04 bits per heavy atom. The van der Waals surface area contributed by atoms with Crippen molar-refractivity contribution < 1.29 is 13.9 Å². The van der Waals surface area contributed by atoms with Crippen molar-refractivity contribution in [3.05, 3.63) is 46.1 Å². The van der Waals surface area contributed by atoms with Crippen LogP contribution in [0.15, 0.2) is 24.3 Å². The monoisotopic (exact) mass is 401 g/mol. The number of nitrogens with one attached hydrogen (secondary N) is 1. The number of hydrogen-bond acceptors (Lipinski definition) is 5. The van der Waals surface area contributed by atoms with Crippen LogP contribution in [0.5, 0.6) is 5.75 Å². The molecular formula is C21H24FN3O2S. The maximum absolute atomic E-state index is 12.9. The molecule has 1 aromatic heterocycles. The van der Waals surface area contributed by atoms with Crippen molar-refractivity contribution in [1.29, 1.82) is 5.26 Å². The maximum atomic E-state index is 12.9. The Morgan fingerprint density at radius 1 is 1.29 bits per heavy atom. The zero-order valence-corrected chi connectivity index (χ0v) is 16.8. The summed E-state index contributed by atoms with van der Waals surface area (Å²) in [5.74, 6) is 0.251. The summed E-state index contributed by atoms with van der Waals surface area (Å²) in [5, 5.41) is 13.1. The number of halogens is 1. The number of nitrogens with zero attached hydrogens (tertiary/aromatic N) is 2. The van der Waals surface area contributed by atoms with E-state index in [1.165, 1.54) is 17.0 Å². The lowest BCUT2D eigenvalue weighted by Gasteiger charge is -2.16. The minimum atomic E-state index is -0.290. The first-order valence-corrected chi connectivity index (χ1v) is 10.3. The molecule has 0 bridgehead atoms. The molecule has 0 aliphatic heterocycles. The summed E-state index contributed by atoms with van der Waals surface area (Å²) < 4.78 is 18.4. The van der Waals surface area contributed by atoms with Crippen molar-refractivity contribution >= 4 is 22.2 Å². The van der Waals surface area contributed by atoms with Crippen molar-refractivity contribution in [2.75, 3.05) is 32.1 Å². The fourth-order valence-electron chi connectivity index (χ4n) is 3.22. The highest BCUT2D eigenvalue weighted by atomic mass is 32.1. The molecule has 0 fully saturated rings. The third-order valence-electron chi connectivity index (χ3n) is 4.81. The van der Waals surface area contributed by atoms with Gasteiger partial charge in [-0.2, -0.15) is 5.26 Å². The molecule has 0 saturated heterocycles. The van der Waals surface area contributed by atoms with Crippen LogP contribution >= 0.6 is 11.3 Å². The van der Waals surface area contributed by atoms with Crippen LogP contribution in [-0.4, -0.2) is 37.6 Å². The highest BCUT2D eigenvalue weighted by Gasteiger charge is 2.21. The molecule has 1 aliphatic rings. The van der Waals surface area contributed by atoms with Gasteiger partial charge in [-0.25, -0.2) is 4.39 Å². The Morgan fingerprint density at radius 3 is 2.79 bits per heavy atom. The first kappa shape index (κ1) is 20.3. The SMILES string of the molecule is CN(CCOc1ccc(F)cc1)CCC(=O)Nc1sc2c(c1C#N)CCCC2. The minimum absolute atomic E-state index is 0.0820. The van der Waals surface area contributed by atoms with Crippen molar-refractivity contribution in [1.82, 2.24) is 4.90 Å². The first-order valence-electron chi connectivity index (χ1n) is 9.48. The normalized spacial score (nSPS) is 13.1. The summed E-state index contributed by atoms with van der Waals surface area (Å²) in [7, 11) is 1.92. The number of amides is 1. The van der Waals surface area contributed by atoms with Crippen LogP contribution in [0.4, 0.5) is 9.39 Å². The number of anilines is 1. The van der Waals surface area contributed by atoms with Gasteiger partial charge in [-0.1, -0.05) is 0 Å². The fourth-order valence-corrected chi connectivity index (χ4v) is 4.47. The molecule has 0 unspecified atom stereocenters. The number of ether oxygens (including phenoxy) is 1. The average Bonchev–Trinajstić information content (AvgIpc) is 3.04. The molecule has 7 heteroatoms. The summed E-state index contributed by atoms with van der Waals surface area (Å²) in [6, 6.07) is 8.18. The van der Waals surface area contributed by atoms with Crippen LogP contribution < -0.4 is 10.1 Å². The molecule has 0 radical (unpaired) electrons. The largest absolute Gasteiger partial charge is 0.492 e. The number of fused-ring (bicyclic) bond motifs is 1. The van der Waals surface area contributed by atoms with Crippen LogP contribution in [0.2, 0.25) is 0 Å². The van der Waals surface area contributed by atoms with Crippen molar-refractivity contribution in [2.45, 2.75) is 32.1 Å². The fraction of sp³-hybridized carbons (Fsp3) is 0.429. The second-order valence-electron chi connectivity index (χ2n) is 6.93. The molecule has 1 heterocycles. The van der Waals surface area contributed by atoms with Crippen molar-refractivity contribution in [3.8, 4) is 11.8 Å². The van der Waals surface area contributed by atoms with Gasteiger partial charge < -0.3 is 15.0 Å². The second kappa shape index (κ2) is 9.67. The smallest absolute Gasteiger partial charge is 0.226 e. The highest BCUT2D eigenvalue weighted by molar-refractivity contribution is 7.16. The second-order valence-corrected chi connectivity index (χ2v) is 8.04. The van der Waals surface area contributed by atoms with Crippen LogP contribution in [0, 0.1) is 17.1 Å². The molecule has 28 heavy (non-hydrogen) atoms. The number of hydrogen-bond donors (Lipinski definition) is 1. The number of aryl methyl sites for hydroxylation is 1. The lowest BCUT2D eigenvalue weighted by molar-refractivity contribution is -0.116. The summed E-state index contributed by atoms with van der Waals surface area (Å²) in [6.07, 6.45) is 4.54. The molecule has 1 amide bonds. The first-order chi connectivity index (χ1) is 13.6.